The van der Waals surface area contributed by atoms with Crippen LogP contribution in [0, 0.1) is 6.92 Å². The summed E-state index contributed by atoms with van der Waals surface area (Å²) in [5.41, 5.74) is 2.08. The van der Waals surface area contributed by atoms with Gasteiger partial charge in [0.05, 0.1) is 10.6 Å². The fourth-order valence-corrected chi connectivity index (χ4v) is 5.23. The van der Waals surface area contributed by atoms with Crippen molar-refractivity contribution >= 4 is 27.5 Å². The third-order valence-corrected chi connectivity index (χ3v) is 7.48. The number of sulfonamides is 1. The summed E-state index contributed by atoms with van der Waals surface area (Å²) in [6, 6.07) is 23.4. The van der Waals surface area contributed by atoms with Gasteiger partial charge in [0.1, 0.15) is 12.6 Å². The summed E-state index contributed by atoms with van der Waals surface area (Å²) in [7, 11) is -4.05. The standard InChI is InChI=1S/C28H33N3O4S/c1-21(2)29-28(33)23(4)30(19-24-13-7-5-8-14-24)27(32)20-31(25-15-11-12-22(3)18-25)36(34,35)26-16-9-6-10-17-26/h5-18,21,23H,19-20H2,1-4H3,(H,29,33). The number of nitrogens with zero attached hydrogens (tertiary/aromatic N) is 2. The number of hydrogen-bond donors (Lipinski definition) is 1. The van der Waals surface area contributed by atoms with Gasteiger partial charge in [-0.15, -0.1) is 0 Å². The average molecular weight is 508 g/mol. The molecule has 1 N–H and O–H groups in total. The minimum Gasteiger partial charge on any atom is -0.352 e. The molecule has 0 aromatic heterocycles. The van der Waals surface area contributed by atoms with Crippen molar-refractivity contribution in [3.63, 3.8) is 0 Å². The van der Waals surface area contributed by atoms with Gasteiger partial charge in [-0.3, -0.25) is 13.9 Å². The van der Waals surface area contributed by atoms with Crippen LogP contribution in [0.2, 0.25) is 0 Å². The third-order valence-electron chi connectivity index (χ3n) is 5.69. The maximum Gasteiger partial charge on any atom is 0.264 e. The highest BCUT2D eigenvalue weighted by molar-refractivity contribution is 7.92. The van der Waals surface area contributed by atoms with Crippen LogP contribution in [-0.2, 0) is 26.2 Å². The van der Waals surface area contributed by atoms with Gasteiger partial charge in [0.2, 0.25) is 11.8 Å². The first-order chi connectivity index (χ1) is 17.1. The molecule has 1 unspecified atom stereocenters. The average Bonchev–Trinajstić information content (AvgIpc) is 2.86. The van der Waals surface area contributed by atoms with Crippen molar-refractivity contribution in [1.29, 1.82) is 0 Å². The number of rotatable bonds is 10. The molecular formula is C28H33N3O4S. The second-order valence-electron chi connectivity index (χ2n) is 9.01. The highest BCUT2D eigenvalue weighted by Crippen LogP contribution is 2.25. The van der Waals surface area contributed by atoms with Crippen LogP contribution >= 0.6 is 0 Å². The monoisotopic (exact) mass is 507 g/mol. The van der Waals surface area contributed by atoms with Crippen molar-refractivity contribution in [2.45, 2.75) is 51.2 Å². The Morgan fingerprint density at radius 3 is 2.06 bits per heavy atom. The number of aryl methyl sites for hydroxylation is 1. The van der Waals surface area contributed by atoms with Crippen LogP contribution in [0.1, 0.15) is 31.9 Å². The van der Waals surface area contributed by atoms with E-state index in [2.05, 4.69) is 5.32 Å². The quantitative estimate of drug-likeness (QED) is 0.447. The van der Waals surface area contributed by atoms with Gasteiger partial charge in [0, 0.05) is 12.6 Å². The first-order valence-electron chi connectivity index (χ1n) is 11.9. The Morgan fingerprint density at radius 2 is 1.47 bits per heavy atom. The van der Waals surface area contributed by atoms with E-state index in [1.807, 2.05) is 57.2 Å². The van der Waals surface area contributed by atoms with E-state index in [4.69, 9.17) is 0 Å². The minimum atomic E-state index is -4.05. The van der Waals surface area contributed by atoms with Gasteiger partial charge in [-0.2, -0.15) is 0 Å². The molecule has 3 rings (SSSR count). The zero-order chi connectivity index (χ0) is 26.3. The van der Waals surface area contributed by atoms with Gasteiger partial charge in [-0.05, 0) is 63.1 Å². The molecular weight excluding hydrogens is 474 g/mol. The van der Waals surface area contributed by atoms with E-state index >= 15 is 0 Å². The molecule has 0 radical (unpaired) electrons. The molecule has 7 nitrogen and oxygen atoms in total. The zero-order valence-corrected chi connectivity index (χ0v) is 21.9. The number of carbonyl (C=O) groups excluding carboxylic acids is 2. The molecule has 0 aliphatic rings. The molecule has 0 saturated carbocycles. The molecule has 0 spiro atoms. The summed E-state index contributed by atoms with van der Waals surface area (Å²) in [6.45, 7) is 6.92. The Bertz CT molecular complexity index is 1280. The predicted molar refractivity (Wildman–Crippen MR) is 142 cm³/mol. The summed E-state index contributed by atoms with van der Waals surface area (Å²) in [4.78, 5) is 28.1. The van der Waals surface area contributed by atoms with Gasteiger partial charge in [0.25, 0.3) is 10.0 Å². The third kappa shape index (κ3) is 6.73. The van der Waals surface area contributed by atoms with Crippen LogP contribution in [0.3, 0.4) is 0 Å². The van der Waals surface area contributed by atoms with E-state index in [-0.39, 0.29) is 23.4 Å². The summed E-state index contributed by atoms with van der Waals surface area (Å²) < 4.78 is 28.5. The SMILES string of the molecule is Cc1cccc(N(CC(=O)N(Cc2ccccc2)C(C)C(=O)NC(C)C)S(=O)(=O)c2ccccc2)c1. The van der Waals surface area contributed by atoms with Crippen LogP contribution < -0.4 is 9.62 Å². The zero-order valence-electron chi connectivity index (χ0n) is 21.1. The molecule has 3 aromatic rings. The van der Waals surface area contributed by atoms with Crippen molar-refractivity contribution in [1.82, 2.24) is 10.2 Å². The van der Waals surface area contributed by atoms with E-state index in [1.165, 1.54) is 17.0 Å². The number of anilines is 1. The highest BCUT2D eigenvalue weighted by atomic mass is 32.2. The number of nitrogens with one attached hydrogen (secondary N) is 1. The lowest BCUT2D eigenvalue weighted by Crippen LogP contribution is -2.52. The lowest BCUT2D eigenvalue weighted by molar-refractivity contribution is -0.139. The number of amides is 2. The Labute approximate surface area is 213 Å². The van der Waals surface area contributed by atoms with Gasteiger partial charge in [0.15, 0.2) is 0 Å². The van der Waals surface area contributed by atoms with E-state index in [0.717, 1.165) is 15.4 Å². The summed E-state index contributed by atoms with van der Waals surface area (Å²) in [5, 5.41) is 2.85. The van der Waals surface area contributed by atoms with Crippen molar-refractivity contribution in [2.24, 2.45) is 0 Å². The molecule has 0 aliphatic carbocycles. The Morgan fingerprint density at radius 1 is 0.861 bits per heavy atom. The largest absolute Gasteiger partial charge is 0.352 e. The van der Waals surface area contributed by atoms with Crippen LogP contribution in [0.25, 0.3) is 0 Å². The molecule has 3 aromatic carbocycles. The molecule has 0 saturated heterocycles. The molecule has 8 heteroatoms. The molecule has 1 atom stereocenters. The molecule has 36 heavy (non-hydrogen) atoms. The van der Waals surface area contributed by atoms with E-state index in [9.17, 15) is 18.0 Å². The Kier molecular flexibility index (Phi) is 8.88. The first-order valence-corrected chi connectivity index (χ1v) is 13.3. The smallest absolute Gasteiger partial charge is 0.264 e. The first kappa shape index (κ1) is 26.9. The second kappa shape index (κ2) is 11.9. The normalized spacial score (nSPS) is 12.1. The van der Waals surface area contributed by atoms with E-state index in [0.29, 0.717) is 5.69 Å². The predicted octanol–water partition coefficient (Wildman–Crippen LogP) is 4.13. The molecule has 0 heterocycles. The van der Waals surface area contributed by atoms with Crippen molar-refractivity contribution in [2.75, 3.05) is 10.8 Å². The van der Waals surface area contributed by atoms with Gasteiger partial charge in [-0.1, -0.05) is 60.7 Å². The van der Waals surface area contributed by atoms with Crippen LogP contribution in [-0.4, -0.2) is 43.8 Å². The van der Waals surface area contributed by atoms with Crippen LogP contribution in [0.15, 0.2) is 89.8 Å². The molecule has 190 valence electrons. The highest BCUT2D eigenvalue weighted by Gasteiger charge is 2.32. The topological polar surface area (TPSA) is 86.8 Å². The second-order valence-corrected chi connectivity index (χ2v) is 10.9. The lowest BCUT2D eigenvalue weighted by Gasteiger charge is -2.32. The van der Waals surface area contributed by atoms with E-state index < -0.39 is 28.5 Å². The fourth-order valence-electron chi connectivity index (χ4n) is 3.80. The number of benzene rings is 3. The number of carbonyl (C=O) groups is 2. The minimum absolute atomic E-state index is 0.0829. The lowest BCUT2D eigenvalue weighted by atomic mass is 10.1. The molecule has 0 bridgehead atoms. The maximum absolute atomic E-state index is 13.8. The Balaban J connectivity index is 2.01. The molecule has 0 aliphatic heterocycles. The van der Waals surface area contributed by atoms with Gasteiger partial charge in [-0.25, -0.2) is 8.42 Å². The Hall–Kier alpha value is -3.65. The molecule has 2 amide bonds. The van der Waals surface area contributed by atoms with Gasteiger partial charge < -0.3 is 10.2 Å². The number of hydrogen-bond acceptors (Lipinski definition) is 4. The maximum atomic E-state index is 13.8. The van der Waals surface area contributed by atoms with E-state index in [1.54, 1.807) is 43.3 Å². The molecule has 0 fully saturated rings. The van der Waals surface area contributed by atoms with Crippen LogP contribution in [0.5, 0.6) is 0 Å². The van der Waals surface area contributed by atoms with Crippen LogP contribution in [0.4, 0.5) is 5.69 Å². The van der Waals surface area contributed by atoms with Gasteiger partial charge >= 0.3 is 0 Å². The van der Waals surface area contributed by atoms with Crippen molar-refractivity contribution in [3.8, 4) is 0 Å². The van der Waals surface area contributed by atoms with Crippen molar-refractivity contribution < 1.29 is 18.0 Å². The fraction of sp³-hybridized carbons (Fsp3) is 0.286. The van der Waals surface area contributed by atoms with Crippen molar-refractivity contribution in [3.05, 3.63) is 96.1 Å². The summed E-state index contributed by atoms with van der Waals surface area (Å²) >= 11 is 0. The summed E-state index contributed by atoms with van der Waals surface area (Å²) in [6.07, 6.45) is 0. The summed E-state index contributed by atoms with van der Waals surface area (Å²) in [5.74, 6) is -0.784.